The van der Waals surface area contributed by atoms with Crippen LogP contribution in [0.15, 0.2) is 24.3 Å². The molecule has 0 spiro atoms. The van der Waals surface area contributed by atoms with Crippen molar-refractivity contribution in [3.8, 4) is 0 Å². The van der Waals surface area contributed by atoms with Gasteiger partial charge in [0.25, 0.3) is 0 Å². The Hall–Kier alpha value is -2.17. The van der Waals surface area contributed by atoms with Crippen molar-refractivity contribution in [2.75, 3.05) is 6.54 Å². The molecule has 112 valence electrons. The van der Waals surface area contributed by atoms with E-state index in [4.69, 9.17) is 0 Å². The topological polar surface area (TPSA) is 46.9 Å². The first-order valence-corrected chi connectivity index (χ1v) is 6.97. The highest BCUT2D eigenvalue weighted by Gasteiger charge is 2.10. The zero-order valence-electron chi connectivity index (χ0n) is 12.6. The summed E-state index contributed by atoms with van der Waals surface area (Å²) in [6.45, 7) is 4.54. The van der Waals surface area contributed by atoms with Gasteiger partial charge in [-0.3, -0.25) is 9.48 Å². The van der Waals surface area contributed by atoms with Crippen molar-refractivity contribution in [1.29, 1.82) is 0 Å². The molecule has 0 saturated heterocycles. The van der Waals surface area contributed by atoms with Crippen molar-refractivity contribution in [2.45, 2.75) is 26.7 Å². The van der Waals surface area contributed by atoms with Gasteiger partial charge in [-0.25, -0.2) is 4.39 Å². The van der Waals surface area contributed by atoms with E-state index in [1.165, 1.54) is 17.7 Å². The van der Waals surface area contributed by atoms with Crippen molar-refractivity contribution in [2.24, 2.45) is 7.05 Å². The summed E-state index contributed by atoms with van der Waals surface area (Å²) in [4.78, 5) is 11.8. The molecule has 0 fully saturated rings. The van der Waals surface area contributed by atoms with Crippen LogP contribution in [-0.2, 0) is 24.7 Å². The van der Waals surface area contributed by atoms with Crippen molar-refractivity contribution in [3.63, 3.8) is 0 Å². The highest BCUT2D eigenvalue weighted by Crippen LogP contribution is 2.12. The molecule has 4 nitrogen and oxygen atoms in total. The van der Waals surface area contributed by atoms with Crippen LogP contribution in [0, 0.1) is 19.7 Å². The van der Waals surface area contributed by atoms with Crippen molar-refractivity contribution < 1.29 is 9.18 Å². The largest absolute Gasteiger partial charge is 0.355 e. The fourth-order valence-corrected chi connectivity index (χ4v) is 2.40. The molecule has 0 saturated carbocycles. The van der Waals surface area contributed by atoms with E-state index in [9.17, 15) is 9.18 Å². The fraction of sp³-hybridized carbons (Fsp3) is 0.375. The Kier molecular flexibility index (Phi) is 4.73. The number of aromatic nitrogens is 2. The summed E-state index contributed by atoms with van der Waals surface area (Å²) in [7, 11) is 1.91. The number of aryl methyl sites for hydroxylation is 2. The minimum Gasteiger partial charge on any atom is -0.355 e. The normalized spacial score (nSPS) is 10.7. The maximum Gasteiger partial charge on any atom is 0.224 e. The molecule has 21 heavy (non-hydrogen) atoms. The van der Waals surface area contributed by atoms with Gasteiger partial charge in [-0.1, -0.05) is 12.1 Å². The predicted molar refractivity (Wildman–Crippen MR) is 79.5 cm³/mol. The molecule has 0 atom stereocenters. The Morgan fingerprint density at radius 3 is 2.76 bits per heavy atom. The van der Waals surface area contributed by atoms with Gasteiger partial charge in [-0.2, -0.15) is 5.10 Å². The molecule has 5 heteroatoms. The number of amides is 1. The van der Waals surface area contributed by atoms with Gasteiger partial charge in [0.15, 0.2) is 0 Å². The average Bonchev–Trinajstić information content (AvgIpc) is 2.65. The molecule has 0 radical (unpaired) electrons. The molecule has 0 aliphatic carbocycles. The molecule has 0 unspecified atom stereocenters. The standard InChI is InChI=1S/C16H20FN3O/c1-11-15(12(2)20(3)19-11)7-8-18-16(21)10-13-5-4-6-14(17)9-13/h4-6,9H,7-8,10H2,1-3H3,(H,18,21). The lowest BCUT2D eigenvalue weighted by Gasteiger charge is -2.06. The molecular weight excluding hydrogens is 269 g/mol. The molecular formula is C16H20FN3O. The number of hydrogen-bond donors (Lipinski definition) is 1. The van der Waals surface area contributed by atoms with Gasteiger partial charge >= 0.3 is 0 Å². The summed E-state index contributed by atoms with van der Waals surface area (Å²) in [5.74, 6) is -0.415. The molecule has 1 aromatic carbocycles. The third kappa shape index (κ3) is 3.90. The second-order valence-corrected chi connectivity index (χ2v) is 5.18. The first kappa shape index (κ1) is 15.2. The number of carbonyl (C=O) groups excluding carboxylic acids is 1. The van der Waals surface area contributed by atoms with E-state index < -0.39 is 0 Å². The Morgan fingerprint density at radius 1 is 1.38 bits per heavy atom. The van der Waals surface area contributed by atoms with Crippen molar-refractivity contribution >= 4 is 5.91 Å². The highest BCUT2D eigenvalue weighted by atomic mass is 19.1. The number of nitrogens with one attached hydrogen (secondary N) is 1. The van der Waals surface area contributed by atoms with Gasteiger partial charge in [0.05, 0.1) is 12.1 Å². The minimum atomic E-state index is -0.318. The summed E-state index contributed by atoms with van der Waals surface area (Å²) < 4.78 is 14.9. The first-order chi connectivity index (χ1) is 9.97. The second kappa shape index (κ2) is 6.52. The molecule has 2 aromatic rings. The van der Waals surface area contributed by atoms with E-state index in [-0.39, 0.29) is 18.1 Å². The fourth-order valence-electron chi connectivity index (χ4n) is 2.40. The van der Waals surface area contributed by atoms with Gasteiger partial charge in [0, 0.05) is 19.3 Å². The lowest BCUT2D eigenvalue weighted by atomic mass is 10.1. The molecule has 1 aromatic heterocycles. The number of nitrogens with zero attached hydrogens (tertiary/aromatic N) is 2. The molecule has 1 N–H and O–H groups in total. The maximum atomic E-state index is 13.0. The van der Waals surface area contributed by atoms with Crippen LogP contribution in [0.4, 0.5) is 4.39 Å². The zero-order valence-corrected chi connectivity index (χ0v) is 12.6. The molecule has 2 rings (SSSR count). The third-order valence-corrected chi connectivity index (χ3v) is 3.61. The van der Waals surface area contributed by atoms with Crippen LogP contribution in [0.25, 0.3) is 0 Å². The Labute approximate surface area is 124 Å². The van der Waals surface area contributed by atoms with E-state index in [0.717, 1.165) is 17.8 Å². The Morgan fingerprint density at radius 2 is 2.14 bits per heavy atom. The minimum absolute atomic E-state index is 0.0974. The van der Waals surface area contributed by atoms with E-state index in [1.807, 2.05) is 25.6 Å². The van der Waals surface area contributed by atoms with Crippen LogP contribution in [0.2, 0.25) is 0 Å². The monoisotopic (exact) mass is 289 g/mol. The summed E-state index contributed by atoms with van der Waals surface area (Å²) in [6.07, 6.45) is 0.948. The van der Waals surface area contributed by atoms with Crippen LogP contribution >= 0.6 is 0 Å². The smallest absolute Gasteiger partial charge is 0.224 e. The Balaban J connectivity index is 1.84. The van der Waals surface area contributed by atoms with Crippen LogP contribution in [0.1, 0.15) is 22.5 Å². The van der Waals surface area contributed by atoms with E-state index in [1.54, 1.807) is 12.1 Å². The summed E-state index contributed by atoms with van der Waals surface area (Å²) in [5, 5.41) is 7.21. The molecule has 0 bridgehead atoms. The van der Waals surface area contributed by atoms with Crippen molar-refractivity contribution in [1.82, 2.24) is 15.1 Å². The number of rotatable bonds is 5. The number of hydrogen-bond acceptors (Lipinski definition) is 2. The Bertz CT molecular complexity index is 649. The maximum absolute atomic E-state index is 13.0. The van der Waals surface area contributed by atoms with E-state index >= 15 is 0 Å². The van der Waals surface area contributed by atoms with Gasteiger partial charge in [0.1, 0.15) is 5.82 Å². The van der Waals surface area contributed by atoms with Crippen LogP contribution in [0.3, 0.4) is 0 Å². The first-order valence-electron chi connectivity index (χ1n) is 6.97. The quantitative estimate of drug-likeness (QED) is 0.916. The van der Waals surface area contributed by atoms with Crippen LogP contribution in [-0.4, -0.2) is 22.2 Å². The molecule has 1 amide bonds. The molecule has 0 aliphatic rings. The average molecular weight is 289 g/mol. The van der Waals surface area contributed by atoms with Crippen molar-refractivity contribution in [3.05, 3.63) is 52.6 Å². The summed E-state index contributed by atoms with van der Waals surface area (Å²) >= 11 is 0. The number of carbonyl (C=O) groups is 1. The SMILES string of the molecule is Cc1nn(C)c(C)c1CCNC(=O)Cc1cccc(F)c1. The van der Waals surface area contributed by atoms with Gasteiger partial charge in [-0.15, -0.1) is 0 Å². The van der Waals surface area contributed by atoms with Crippen LogP contribution in [0.5, 0.6) is 0 Å². The van der Waals surface area contributed by atoms with Gasteiger partial charge in [-0.05, 0) is 43.5 Å². The third-order valence-electron chi connectivity index (χ3n) is 3.61. The summed E-state index contributed by atoms with van der Waals surface area (Å²) in [5.41, 5.74) is 3.96. The summed E-state index contributed by atoms with van der Waals surface area (Å²) in [6, 6.07) is 6.11. The second-order valence-electron chi connectivity index (χ2n) is 5.18. The van der Waals surface area contributed by atoms with E-state index in [2.05, 4.69) is 10.4 Å². The zero-order chi connectivity index (χ0) is 15.4. The predicted octanol–water partition coefficient (Wildman–Crippen LogP) is 2.08. The van der Waals surface area contributed by atoms with Gasteiger partial charge in [0.2, 0.25) is 5.91 Å². The van der Waals surface area contributed by atoms with Crippen LogP contribution < -0.4 is 5.32 Å². The van der Waals surface area contributed by atoms with Gasteiger partial charge < -0.3 is 5.32 Å². The lowest BCUT2D eigenvalue weighted by Crippen LogP contribution is -2.27. The highest BCUT2D eigenvalue weighted by molar-refractivity contribution is 5.78. The molecule has 0 aliphatic heterocycles. The number of benzene rings is 1. The number of halogens is 1. The lowest BCUT2D eigenvalue weighted by molar-refractivity contribution is -0.120. The molecule has 1 heterocycles. The van der Waals surface area contributed by atoms with E-state index in [0.29, 0.717) is 12.1 Å².